The third kappa shape index (κ3) is 3.94. The highest BCUT2D eigenvalue weighted by Crippen LogP contribution is 2.19. The smallest absolute Gasteiger partial charge is 0.272 e. The minimum absolute atomic E-state index is 0.0206. The van der Waals surface area contributed by atoms with Crippen LogP contribution in [0.15, 0.2) is 59.4 Å². The van der Waals surface area contributed by atoms with Gasteiger partial charge in [-0.15, -0.1) is 0 Å². The molecule has 5 nitrogen and oxygen atoms in total. The number of fused-ring (bicyclic) bond motifs is 1. The Labute approximate surface area is 146 Å². The second kappa shape index (κ2) is 7.75. The number of hydrogen-bond donors (Lipinski definition) is 2. The highest BCUT2D eigenvalue weighted by atomic mass is 16.1. The van der Waals surface area contributed by atoms with Crippen molar-refractivity contribution in [3.63, 3.8) is 0 Å². The fraction of sp³-hybridized carbons (Fsp3) is 0.250. The number of amides is 1. The second-order valence-corrected chi connectivity index (χ2v) is 6.04. The molecule has 3 aromatic rings. The summed E-state index contributed by atoms with van der Waals surface area (Å²) in [7, 11) is 0. The van der Waals surface area contributed by atoms with Gasteiger partial charge in [-0.2, -0.15) is 5.10 Å². The van der Waals surface area contributed by atoms with E-state index in [4.69, 9.17) is 0 Å². The van der Waals surface area contributed by atoms with E-state index in [1.807, 2.05) is 42.5 Å². The monoisotopic (exact) mass is 335 g/mol. The van der Waals surface area contributed by atoms with Gasteiger partial charge >= 0.3 is 0 Å². The molecule has 1 amide bonds. The zero-order valence-electron chi connectivity index (χ0n) is 14.2. The minimum Gasteiger partial charge on any atom is -0.349 e. The number of H-pyrrole nitrogens is 1. The summed E-state index contributed by atoms with van der Waals surface area (Å²) in [5.41, 5.74) is 1.43. The van der Waals surface area contributed by atoms with Gasteiger partial charge in [0.15, 0.2) is 0 Å². The van der Waals surface area contributed by atoms with Crippen LogP contribution in [0, 0.1) is 0 Å². The van der Waals surface area contributed by atoms with Gasteiger partial charge in [-0.25, -0.2) is 5.10 Å². The van der Waals surface area contributed by atoms with Crippen LogP contribution in [0.3, 0.4) is 0 Å². The van der Waals surface area contributed by atoms with Crippen LogP contribution in [0.2, 0.25) is 0 Å². The van der Waals surface area contributed by atoms with E-state index >= 15 is 0 Å². The summed E-state index contributed by atoms with van der Waals surface area (Å²) in [6, 6.07) is 17.1. The Kier molecular flexibility index (Phi) is 5.23. The number of carbonyl (C=O) groups is 1. The molecule has 5 heteroatoms. The van der Waals surface area contributed by atoms with Crippen LogP contribution >= 0.6 is 0 Å². The number of rotatable bonds is 6. The van der Waals surface area contributed by atoms with Crippen LogP contribution in [-0.4, -0.2) is 16.1 Å². The van der Waals surface area contributed by atoms with E-state index in [1.165, 1.54) is 0 Å². The molecule has 0 aliphatic rings. The van der Waals surface area contributed by atoms with Crippen LogP contribution in [0.4, 0.5) is 0 Å². The van der Waals surface area contributed by atoms with Gasteiger partial charge in [0.05, 0.1) is 23.5 Å². The maximum Gasteiger partial charge on any atom is 0.272 e. The summed E-state index contributed by atoms with van der Waals surface area (Å²) < 4.78 is 0. The lowest BCUT2D eigenvalue weighted by atomic mass is 10.0. The van der Waals surface area contributed by atoms with Crippen molar-refractivity contribution in [3.05, 3.63) is 76.2 Å². The lowest BCUT2D eigenvalue weighted by Crippen LogP contribution is -2.30. The van der Waals surface area contributed by atoms with Gasteiger partial charge in [0, 0.05) is 5.39 Å². The van der Waals surface area contributed by atoms with Gasteiger partial charge in [0.2, 0.25) is 5.91 Å². The molecular formula is C20H21N3O2. The standard InChI is InChI=1S/C20H21N3O2/c1-2-8-17(14-9-4-3-5-10-14)21-19(24)13-18-15-11-6-7-12-16(15)20(25)23-22-18/h3-7,9-12,17H,2,8,13H2,1H3,(H,21,24)(H,23,25). The lowest BCUT2D eigenvalue weighted by molar-refractivity contribution is -0.121. The maximum atomic E-state index is 12.6. The molecule has 2 aromatic carbocycles. The second-order valence-electron chi connectivity index (χ2n) is 6.04. The van der Waals surface area contributed by atoms with Crippen LogP contribution in [0.5, 0.6) is 0 Å². The fourth-order valence-electron chi connectivity index (χ4n) is 3.00. The van der Waals surface area contributed by atoms with E-state index in [1.54, 1.807) is 12.1 Å². The van der Waals surface area contributed by atoms with E-state index in [-0.39, 0.29) is 23.9 Å². The molecule has 0 aliphatic carbocycles. The van der Waals surface area contributed by atoms with Crippen molar-refractivity contribution in [2.45, 2.75) is 32.2 Å². The molecule has 1 heterocycles. The SMILES string of the molecule is CCCC(NC(=O)Cc1n[nH]c(=O)c2ccccc12)c1ccccc1. The quantitative estimate of drug-likeness (QED) is 0.727. The summed E-state index contributed by atoms with van der Waals surface area (Å²) in [5.74, 6) is -0.105. The Balaban J connectivity index is 1.80. The molecule has 1 aromatic heterocycles. The molecule has 128 valence electrons. The summed E-state index contributed by atoms with van der Waals surface area (Å²) in [5, 5.41) is 10.9. The van der Waals surface area contributed by atoms with Crippen molar-refractivity contribution in [2.24, 2.45) is 0 Å². The van der Waals surface area contributed by atoms with E-state index in [0.717, 1.165) is 18.4 Å². The molecule has 2 N–H and O–H groups in total. The molecule has 1 unspecified atom stereocenters. The van der Waals surface area contributed by atoms with Crippen molar-refractivity contribution in [3.8, 4) is 0 Å². The fourth-order valence-corrected chi connectivity index (χ4v) is 3.00. The molecular weight excluding hydrogens is 314 g/mol. The lowest BCUT2D eigenvalue weighted by Gasteiger charge is -2.18. The van der Waals surface area contributed by atoms with Crippen LogP contribution in [0.25, 0.3) is 10.8 Å². The number of aromatic amines is 1. The molecule has 0 saturated carbocycles. The molecule has 3 rings (SSSR count). The average molecular weight is 335 g/mol. The van der Waals surface area contributed by atoms with Gasteiger partial charge in [0.25, 0.3) is 5.56 Å². The number of benzene rings is 2. The average Bonchev–Trinajstić information content (AvgIpc) is 2.65. The van der Waals surface area contributed by atoms with Crippen molar-refractivity contribution in [2.75, 3.05) is 0 Å². The number of hydrogen-bond acceptors (Lipinski definition) is 3. The van der Waals surface area contributed by atoms with E-state index < -0.39 is 0 Å². The molecule has 25 heavy (non-hydrogen) atoms. The number of nitrogens with one attached hydrogen (secondary N) is 2. The van der Waals surface area contributed by atoms with Gasteiger partial charge in [-0.05, 0) is 18.1 Å². The molecule has 1 atom stereocenters. The van der Waals surface area contributed by atoms with Crippen LogP contribution < -0.4 is 10.9 Å². The van der Waals surface area contributed by atoms with Gasteiger partial charge < -0.3 is 5.32 Å². The predicted octanol–water partition coefficient (Wildman–Crippen LogP) is 3.12. The molecule has 0 aliphatic heterocycles. The van der Waals surface area contributed by atoms with Gasteiger partial charge in [0.1, 0.15) is 0 Å². The van der Waals surface area contributed by atoms with Gasteiger partial charge in [-0.1, -0.05) is 61.9 Å². The maximum absolute atomic E-state index is 12.6. The van der Waals surface area contributed by atoms with E-state index in [9.17, 15) is 9.59 Å². The summed E-state index contributed by atoms with van der Waals surface area (Å²) in [4.78, 5) is 24.4. The number of carbonyl (C=O) groups excluding carboxylic acids is 1. The number of aromatic nitrogens is 2. The third-order valence-corrected chi connectivity index (χ3v) is 4.22. The first-order chi connectivity index (χ1) is 12.2. The zero-order chi connectivity index (χ0) is 17.6. The third-order valence-electron chi connectivity index (χ3n) is 4.22. The topological polar surface area (TPSA) is 74.8 Å². The zero-order valence-corrected chi connectivity index (χ0v) is 14.2. The highest BCUT2D eigenvalue weighted by molar-refractivity contribution is 5.88. The summed E-state index contributed by atoms with van der Waals surface area (Å²) >= 11 is 0. The molecule has 0 radical (unpaired) electrons. The van der Waals surface area contributed by atoms with Crippen LogP contribution in [-0.2, 0) is 11.2 Å². The van der Waals surface area contributed by atoms with E-state index in [0.29, 0.717) is 16.5 Å². The number of nitrogens with zero attached hydrogens (tertiary/aromatic N) is 1. The Bertz CT molecular complexity index is 919. The van der Waals surface area contributed by atoms with Crippen LogP contribution in [0.1, 0.15) is 37.1 Å². The van der Waals surface area contributed by atoms with Crippen molar-refractivity contribution in [1.29, 1.82) is 0 Å². The summed E-state index contributed by atoms with van der Waals surface area (Å²) in [6.45, 7) is 2.10. The summed E-state index contributed by atoms with van der Waals surface area (Å²) in [6.07, 6.45) is 1.97. The molecule has 0 saturated heterocycles. The Morgan fingerprint density at radius 1 is 1.08 bits per heavy atom. The predicted molar refractivity (Wildman–Crippen MR) is 98.3 cm³/mol. The Hall–Kier alpha value is -2.95. The largest absolute Gasteiger partial charge is 0.349 e. The van der Waals surface area contributed by atoms with Crippen molar-refractivity contribution < 1.29 is 4.79 Å². The normalized spacial score (nSPS) is 12.0. The Morgan fingerprint density at radius 2 is 1.76 bits per heavy atom. The van der Waals surface area contributed by atoms with Crippen molar-refractivity contribution in [1.82, 2.24) is 15.5 Å². The first kappa shape index (κ1) is 16.9. The minimum atomic E-state index is -0.243. The molecule has 0 bridgehead atoms. The Morgan fingerprint density at radius 3 is 2.48 bits per heavy atom. The highest BCUT2D eigenvalue weighted by Gasteiger charge is 2.16. The van der Waals surface area contributed by atoms with Gasteiger partial charge in [-0.3, -0.25) is 9.59 Å². The molecule has 0 spiro atoms. The first-order valence-corrected chi connectivity index (χ1v) is 8.49. The van der Waals surface area contributed by atoms with E-state index in [2.05, 4.69) is 22.4 Å². The molecule has 0 fully saturated rings. The first-order valence-electron chi connectivity index (χ1n) is 8.49. The van der Waals surface area contributed by atoms with Crippen molar-refractivity contribution >= 4 is 16.7 Å².